The molecule has 6 nitrogen and oxygen atoms in total. The van der Waals surface area contributed by atoms with Crippen molar-refractivity contribution in [1.29, 1.82) is 0 Å². The van der Waals surface area contributed by atoms with Crippen molar-refractivity contribution in [3.63, 3.8) is 0 Å². The largest absolute Gasteiger partial charge is 0.508 e. The number of rotatable bonds is 8. The van der Waals surface area contributed by atoms with Crippen LogP contribution in [0.1, 0.15) is 164 Å². The molecular weight excluding hydrogens is 612 g/mol. The van der Waals surface area contributed by atoms with Gasteiger partial charge in [0.05, 0.1) is 16.4 Å². The molecule has 49 heavy (non-hydrogen) atoms. The van der Waals surface area contributed by atoms with Crippen LogP contribution < -0.4 is 0 Å². The second kappa shape index (κ2) is 14.2. The van der Waals surface area contributed by atoms with Crippen LogP contribution in [0.4, 0.5) is 0 Å². The number of aromatic hydroxyl groups is 1. The highest BCUT2D eigenvalue weighted by Crippen LogP contribution is 2.60. The monoisotopic (exact) mass is 681 g/mol. The van der Waals surface area contributed by atoms with Gasteiger partial charge >= 0.3 is 11.9 Å². The van der Waals surface area contributed by atoms with Crippen LogP contribution in [0, 0.1) is 46.3 Å². The van der Waals surface area contributed by atoms with Crippen LogP contribution in [0.25, 0.3) is 0 Å². The molecule has 3 unspecified atom stereocenters. The standard InChI is InChI=1S/C17H28O2.C16H26O3.C10H14O/c1-5-16(2,3)15(18)19-17(4)13-7-11-6-12(9-13)10-14(17)8-11;1-4-14(2,3)13(17)19-16-8-11-5-12(9-16)7-15(18,6-11)10-16;1-3-8(2)9-4-6-10(11)7-5-9/h11-14H,5-10H2,1-4H3;11-12,18H,4-10H2,1-3H3;4-8,11H,3H2,1-2H3. The van der Waals surface area contributed by atoms with Crippen molar-refractivity contribution >= 4 is 11.9 Å². The summed E-state index contributed by atoms with van der Waals surface area (Å²) >= 11 is 0. The third-order valence-corrected chi connectivity index (χ3v) is 14.3. The van der Waals surface area contributed by atoms with E-state index in [-0.39, 0.29) is 28.6 Å². The summed E-state index contributed by atoms with van der Waals surface area (Å²) in [7, 11) is 0. The third-order valence-electron chi connectivity index (χ3n) is 14.3. The van der Waals surface area contributed by atoms with Crippen molar-refractivity contribution in [2.75, 3.05) is 0 Å². The summed E-state index contributed by atoms with van der Waals surface area (Å²) in [6.07, 6.45) is 15.1. The molecule has 8 aliphatic rings. The van der Waals surface area contributed by atoms with Crippen molar-refractivity contribution in [2.45, 2.75) is 175 Å². The molecule has 276 valence electrons. The summed E-state index contributed by atoms with van der Waals surface area (Å²) < 4.78 is 12.1. The molecule has 8 fully saturated rings. The Labute approximate surface area is 297 Å². The number of esters is 2. The van der Waals surface area contributed by atoms with Gasteiger partial charge in [0.2, 0.25) is 0 Å². The van der Waals surface area contributed by atoms with Gasteiger partial charge in [-0.15, -0.1) is 0 Å². The Bertz CT molecular complexity index is 1270. The van der Waals surface area contributed by atoms with E-state index in [1.165, 1.54) is 44.1 Å². The fourth-order valence-corrected chi connectivity index (χ4v) is 10.5. The van der Waals surface area contributed by atoms with Gasteiger partial charge in [-0.3, -0.25) is 9.59 Å². The molecule has 0 heterocycles. The van der Waals surface area contributed by atoms with Crippen molar-refractivity contribution < 1.29 is 29.3 Å². The van der Waals surface area contributed by atoms with Gasteiger partial charge < -0.3 is 19.7 Å². The predicted octanol–water partition coefficient (Wildman–Crippen LogP) is 10.1. The van der Waals surface area contributed by atoms with Crippen LogP contribution in [-0.4, -0.2) is 39.0 Å². The van der Waals surface area contributed by atoms with Crippen LogP contribution in [0.5, 0.6) is 5.75 Å². The molecule has 0 spiro atoms. The lowest BCUT2D eigenvalue weighted by molar-refractivity contribution is -0.225. The highest BCUT2D eigenvalue weighted by molar-refractivity contribution is 5.76. The molecule has 1 aromatic rings. The van der Waals surface area contributed by atoms with Gasteiger partial charge in [-0.1, -0.05) is 39.8 Å². The van der Waals surface area contributed by atoms with E-state index in [9.17, 15) is 14.7 Å². The first-order valence-corrected chi connectivity index (χ1v) is 19.8. The van der Waals surface area contributed by atoms with E-state index in [2.05, 4.69) is 27.7 Å². The Hall–Kier alpha value is -2.08. The van der Waals surface area contributed by atoms with Crippen molar-refractivity contribution in [2.24, 2.45) is 46.3 Å². The van der Waals surface area contributed by atoms with Crippen LogP contribution in [-0.2, 0) is 19.1 Å². The van der Waals surface area contributed by atoms with Crippen LogP contribution in [0.3, 0.4) is 0 Å². The fourth-order valence-electron chi connectivity index (χ4n) is 10.5. The summed E-state index contributed by atoms with van der Waals surface area (Å²) in [4.78, 5) is 24.9. The second-order valence-electron chi connectivity index (χ2n) is 19.0. The molecule has 6 heteroatoms. The van der Waals surface area contributed by atoms with E-state index in [4.69, 9.17) is 14.6 Å². The summed E-state index contributed by atoms with van der Waals surface area (Å²) in [5, 5.41) is 19.7. The van der Waals surface area contributed by atoms with Crippen LogP contribution in [0.2, 0.25) is 0 Å². The van der Waals surface area contributed by atoms with Crippen molar-refractivity contribution in [1.82, 2.24) is 0 Å². The molecule has 0 amide bonds. The predicted molar refractivity (Wildman–Crippen MR) is 195 cm³/mol. The molecule has 2 N–H and O–H groups in total. The number of carbonyl (C=O) groups excluding carboxylic acids is 2. The van der Waals surface area contributed by atoms with Gasteiger partial charge in [0.1, 0.15) is 17.0 Å². The molecular formula is C43H68O6. The molecule has 3 atom stereocenters. The van der Waals surface area contributed by atoms with Gasteiger partial charge in [-0.25, -0.2) is 0 Å². The van der Waals surface area contributed by atoms with Gasteiger partial charge in [-0.2, -0.15) is 0 Å². The number of aliphatic hydroxyl groups is 1. The summed E-state index contributed by atoms with van der Waals surface area (Å²) in [5.41, 5.74) is -0.533. The maximum Gasteiger partial charge on any atom is 0.312 e. The lowest BCUT2D eigenvalue weighted by Gasteiger charge is -2.59. The Morgan fingerprint density at radius 2 is 1.20 bits per heavy atom. The molecule has 0 aromatic heterocycles. The summed E-state index contributed by atoms with van der Waals surface area (Å²) in [5.74, 6) is 5.09. The summed E-state index contributed by atoms with van der Waals surface area (Å²) in [6.45, 7) is 18.6. The van der Waals surface area contributed by atoms with Crippen molar-refractivity contribution in [3.05, 3.63) is 29.8 Å². The molecule has 8 aliphatic carbocycles. The minimum atomic E-state index is -0.555. The zero-order valence-electron chi connectivity index (χ0n) is 32.3. The first-order valence-electron chi connectivity index (χ1n) is 19.8. The minimum Gasteiger partial charge on any atom is -0.508 e. The number of hydrogen-bond donors (Lipinski definition) is 2. The normalized spacial score (nSPS) is 37.3. The van der Waals surface area contributed by atoms with E-state index in [1.54, 1.807) is 12.1 Å². The Morgan fingerprint density at radius 3 is 1.63 bits per heavy atom. The molecule has 9 rings (SSSR count). The number of phenols is 1. The first kappa shape index (κ1) is 38.2. The van der Waals surface area contributed by atoms with Crippen LogP contribution in [0.15, 0.2) is 24.3 Å². The number of phenolic OH excluding ortho intramolecular Hbond substituents is 1. The lowest BCUT2D eigenvalue weighted by Crippen LogP contribution is -2.61. The number of hydrogen-bond acceptors (Lipinski definition) is 6. The summed E-state index contributed by atoms with van der Waals surface area (Å²) in [6, 6.07) is 7.43. The Morgan fingerprint density at radius 1 is 0.755 bits per heavy atom. The molecule has 8 bridgehead atoms. The lowest BCUT2D eigenvalue weighted by atomic mass is 9.50. The topological polar surface area (TPSA) is 93.1 Å². The van der Waals surface area contributed by atoms with E-state index < -0.39 is 11.0 Å². The maximum atomic E-state index is 12.5. The number of carbonyl (C=O) groups is 2. The SMILES string of the molecule is CCC(C)(C)C(=O)OC1(C)C2CC3CC(C2)CC1C3.CCC(C)(C)C(=O)OC12CC3CC(CC(O)(C3)C1)C2.CCC(C)c1ccc(O)cc1. The van der Waals surface area contributed by atoms with Gasteiger partial charge in [0, 0.05) is 6.42 Å². The second-order valence-corrected chi connectivity index (χ2v) is 19.0. The molecule has 0 radical (unpaired) electrons. The molecule has 1 aromatic carbocycles. The average molecular weight is 681 g/mol. The minimum absolute atomic E-state index is 0.0185. The van der Waals surface area contributed by atoms with E-state index in [0.29, 0.717) is 41.8 Å². The van der Waals surface area contributed by atoms with Crippen molar-refractivity contribution in [3.8, 4) is 5.75 Å². The van der Waals surface area contributed by atoms with Gasteiger partial charge in [-0.05, 0) is 177 Å². The third kappa shape index (κ3) is 8.20. The van der Waals surface area contributed by atoms with Gasteiger partial charge in [0.15, 0.2) is 0 Å². The Balaban J connectivity index is 0.000000149. The van der Waals surface area contributed by atoms with E-state index >= 15 is 0 Å². The highest BCUT2D eigenvalue weighted by Gasteiger charge is 2.60. The number of ether oxygens (including phenoxy) is 2. The van der Waals surface area contributed by atoms with E-state index in [1.807, 2.05) is 46.8 Å². The van der Waals surface area contributed by atoms with Gasteiger partial charge in [0.25, 0.3) is 0 Å². The van der Waals surface area contributed by atoms with Crippen LogP contribution >= 0.6 is 0 Å². The number of benzene rings is 1. The maximum absolute atomic E-state index is 12.5. The smallest absolute Gasteiger partial charge is 0.312 e. The molecule has 0 saturated heterocycles. The fraction of sp³-hybridized carbons (Fsp3) is 0.814. The highest BCUT2D eigenvalue weighted by atomic mass is 16.6. The zero-order chi connectivity index (χ0) is 36.0. The molecule has 8 saturated carbocycles. The molecule has 0 aliphatic heterocycles. The van der Waals surface area contributed by atoms with E-state index in [0.717, 1.165) is 56.8 Å². The zero-order valence-corrected chi connectivity index (χ0v) is 32.3. The quantitative estimate of drug-likeness (QED) is 0.266. The first-order chi connectivity index (χ1) is 22.8. The average Bonchev–Trinajstić information content (AvgIpc) is 3.02. The Kier molecular flexibility index (Phi) is 11.0.